The normalized spacial score (nSPS) is 11.6. The minimum Gasteiger partial charge on any atom is -0.483 e. The maximum atomic E-state index is 14.6. The van der Waals surface area contributed by atoms with E-state index in [2.05, 4.69) is 5.32 Å². The van der Waals surface area contributed by atoms with Crippen LogP contribution in [0.15, 0.2) is 57.7 Å². The Morgan fingerprint density at radius 3 is 2.45 bits per heavy atom. The van der Waals surface area contributed by atoms with Crippen LogP contribution in [-0.2, 0) is 17.4 Å². The Balaban J connectivity index is 1.63. The highest BCUT2D eigenvalue weighted by atomic mass is 35.5. The van der Waals surface area contributed by atoms with E-state index in [1.165, 1.54) is 37.3 Å². The molecule has 0 bridgehead atoms. The summed E-state index contributed by atoms with van der Waals surface area (Å²) in [5, 5.41) is 2.45. The lowest BCUT2D eigenvalue weighted by Gasteiger charge is -2.15. The minimum absolute atomic E-state index is 0.00587. The molecule has 1 amide bonds. The molecule has 0 fully saturated rings. The number of carbonyl (C=O) groups is 1. The zero-order valence-corrected chi connectivity index (χ0v) is 21.4. The maximum Gasteiger partial charge on any atom is 0.416 e. The number of hydrogen-bond acceptors (Lipinski definition) is 4. The molecule has 0 spiro atoms. The van der Waals surface area contributed by atoms with E-state index in [1.54, 1.807) is 6.92 Å². The van der Waals surface area contributed by atoms with E-state index in [1.807, 2.05) is 0 Å². The van der Waals surface area contributed by atoms with Crippen molar-refractivity contribution < 1.29 is 31.5 Å². The number of benzene rings is 3. The maximum absolute atomic E-state index is 14.6. The fourth-order valence-electron chi connectivity index (χ4n) is 3.94. The lowest BCUT2D eigenvalue weighted by Crippen LogP contribution is -2.21. The van der Waals surface area contributed by atoms with Crippen LogP contribution < -0.4 is 15.5 Å². The molecular weight excluding hydrogens is 549 g/mol. The lowest BCUT2D eigenvalue weighted by molar-refractivity contribution is -0.137. The van der Waals surface area contributed by atoms with Crippen LogP contribution in [0.25, 0.3) is 22.1 Å². The SMILES string of the molecule is CCc1cc2c(=O)c(-c3c(F)cccc3Cl)c(C)oc2cc1OCC(=O)Nc1cc(C(F)(F)F)ccc1Cl. The van der Waals surface area contributed by atoms with Gasteiger partial charge in [0.2, 0.25) is 5.43 Å². The monoisotopic (exact) mass is 567 g/mol. The van der Waals surface area contributed by atoms with Gasteiger partial charge in [-0.05, 0) is 55.3 Å². The molecule has 3 aromatic carbocycles. The predicted octanol–water partition coefficient (Wildman–Crippen LogP) is 7.81. The predicted molar refractivity (Wildman–Crippen MR) is 138 cm³/mol. The quantitative estimate of drug-likeness (QED) is 0.241. The lowest BCUT2D eigenvalue weighted by atomic mass is 10.00. The molecule has 5 nitrogen and oxygen atoms in total. The molecule has 11 heteroatoms. The summed E-state index contributed by atoms with van der Waals surface area (Å²) in [7, 11) is 0. The van der Waals surface area contributed by atoms with E-state index < -0.39 is 35.5 Å². The van der Waals surface area contributed by atoms with Gasteiger partial charge < -0.3 is 14.5 Å². The number of amides is 1. The fraction of sp³-hybridized carbons (Fsp3) is 0.185. The van der Waals surface area contributed by atoms with E-state index in [0.29, 0.717) is 12.0 Å². The summed E-state index contributed by atoms with van der Waals surface area (Å²) >= 11 is 12.1. The summed E-state index contributed by atoms with van der Waals surface area (Å²) in [6.07, 6.45) is -4.21. The number of carbonyl (C=O) groups excluding carboxylic acids is 1. The van der Waals surface area contributed by atoms with Gasteiger partial charge in [-0.2, -0.15) is 13.2 Å². The smallest absolute Gasteiger partial charge is 0.416 e. The number of hydrogen-bond donors (Lipinski definition) is 1. The van der Waals surface area contributed by atoms with E-state index in [9.17, 15) is 27.2 Å². The van der Waals surface area contributed by atoms with Gasteiger partial charge in [-0.3, -0.25) is 9.59 Å². The first-order chi connectivity index (χ1) is 17.9. The minimum atomic E-state index is -4.61. The molecule has 4 aromatic rings. The molecule has 4 rings (SSSR count). The van der Waals surface area contributed by atoms with Crippen LogP contribution in [0.5, 0.6) is 5.75 Å². The molecule has 0 aliphatic heterocycles. The van der Waals surface area contributed by atoms with Gasteiger partial charge >= 0.3 is 6.18 Å². The average molecular weight is 568 g/mol. The Morgan fingerprint density at radius 2 is 1.79 bits per heavy atom. The molecule has 1 aromatic heterocycles. The Morgan fingerprint density at radius 1 is 1.05 bits per heavy atom. The summed E-state index contributed by atoms with van der Waals surface area (Å²) in [5.74, 6) is -1.07. The number of ether oxygens (including phenoxy) is 1. The first-order valence-electron chi connectivity index (χ1n) is 11.2. The van der Waals surface area contributed by atoms with Gasteiger partial charge in [0.25, 0.3) is 5.91 Å². The second-order valence-electron chi connectivity index (χ2n) is 8.30. The number of nitrogens with one attached hydrogen (secondary N) is 1. The van der Waals surface area contributed by atoms with Crippen LogP contribution in [0.2, 0.25) is 10.0 Å². The molecule has 0 aliphatic rings. The molecule has 0 atom stereocenters. The molecule has 0 radical (unpaired) electrons. The van der Waals surface area contributed by atoms with E-state index in [0.717, 1.165) is 18.2 Å². The van der Waals surface area contributed by atoms with Crippen molar-refractivity contribution in [2.45, 2.75) is 26.4 Å². The standard InChI is InChI=1S/C27H19Cl2F4NO4/c1-3-14-9-16-22(38-13(2)24(26(16)36)25-18(29)5-4-6-19(25)30)11-21(14)37-12-23(35)34-20-10-15(27(31,32)33)7-8-17(20)28/h4-11H,3,12H2,1-2H3,(H,34,35). The summed E-state index contributed by atoms with van der Waals surface area (Å²) < 4.78 is 65.0. The topological polar surface area (TPSA) is 68.5 Å². The average Bonchev–Trinajstić information content (AvgIpc) is 2.84. The molecule has 198 valence electrons. The van der Waals surface area contributed by atoms with Gasteiger partial charge in [-0.25, -0.2) is 4.39 Å². The van der Waals surface area contributed by atoms with Crippen LogP contribution >= 0.6 is 23.2 Å². The molecule has 1 heterocycles. The molecule has 0 unspecified atom stereocenters. The van der Waals surface area contributed by atoms with Crippen LogP contribution in [0, 0.1) is 12.7 Å². The molecule has 38 heavy (non-hydrogen) atoms. The Bertz CT molecular complexity index is 1600. The van der Waals surface area contributed by atoms with Crippen LogP contribution in [0.4, 0.5) is 23.2 Å². The highest BCUT2D eigenvalue weighted by Gasteiger charge is 2.31. The first-order valence-corrected chi connectivity index (χ1v) is 12.0. The van der Waals surface area contributed by atoms with Crippen LogP contribution in [0.1, 0.15) is 23.8 Å². The van der Waals surface area contributed by atoms with Gasteiger partial charge in [-0.1, -0.05) is 36.2 Å². The number of anilines is 1. The van der Waals surface area contributed by atoms with Crippen molar-refractivity contribution in [1.82, 2.24) is 0 Å². The number of fused-ring (bicyclic) bond motifs is 1. The second-order valence-corrected chi connectivity index (χ2v) is 9.11. The van der Waals surface area contributed by atoms with Crippen LogP contribution in [-0.4, -0.2) is 12.5 Å². The van der Waals surface area contributed by atoms with Crippen molar-refractivity contribution in [3.63, 3.8) is 0 Å². The van der Waals surface area contributed by atoms with Crippen molar-refractivity contribution in [2.24, 2.45) is 0 Å². The fourth-order valence-corrected chi connectivity index (χ4v) is 4.36. The third kappa shape index (κ3) is 5.49. The third-order valence-electron chi connectivity index (χ3n) is 5.77. The van der Waals surface area contributed by atoms with Crippen molar-refractivity contribution in [3.05, 3.63) is 91.5 Å². The summed E-state index contributed by atoms with van der Waals surface area (Å²) in [6.45, 7) is 2.73. The number of aryl methyl sites for hydroxylation is 2. The van der Waals surface area contributed by atoms with E-state index in [-0.39, 0.29) is 49.3 Å². The Kier molecular flexibility index (Phi) is 7.71. The Labute approximate surface area is 223 Å². The van der Waals surface area contributed by atoms with Gasteiger partial charge in [-0.15, -0.1) is 0 Å². The second kappa shape index (κ2) is 10.7. The Hall–Kier alpha value is -3.56. The van der Waals surface area contributed by atoms with Gasteiger partial charge in [0, 0.05) is 11.6 Å². The highest BCUT2D eigenvalue weighted by Crippen LogP contribution is 2.35. The van der Waals surface area contributed by atoms with Crippen molar-refractivity contribution >= 4 is 45.8 Å². The summed E-state index contributed by atoms with van der Waals surface area (Å²) in [4.78, 5) is 25.8. The van der Waals surface area contributed by atoms with E-state index in [4.69, 9.17) is 32.4 Å². The van der Waals surface area contributed by atoms with E-state index >= 15 is 0 Å². The molecule has 0 saturated heterocycles. The largest absolute Gasteiger partial charge is 0.483 e. The third-order valence-corrected chi connectivity index (χ3v) is 6.41. The number of alkyl halides is 3. The number of rotatable bonds is 6. The van der Waals surface area contributed by atoms with Gasteiger partial charge in [0.05, 0.1) is 32.2 Å². The molecule has 0 aliphatic carbocycles. The van der Waals surface area contributed by atoms with Crippen molar-refractivity contribution in [3.8, 4) is 16.9 Å². The molecule has 1 N–H and O–H groups in total. The summed E-state index contributed by atoms with van der Waals surface area (Å²) in [5.41, 5.74) is -1.07. The van der Waals surface area contributed by atoms with Gasteiger partial charge in [0.1, 0.15) is 22.9 Å². The van der Waals surface area contributed by atoms with Crippen LogP contribution in [0.3, 0.4) is 0 Å². The number of halogens is 6. The summed E-state index contributed by atoms with van der Waals surface area (Å²) in [6, 6.07) is 9.60. The van der Waals surface area contributed by atoms with Crippen molar-refractivity contribution in [1.29, 1.82) is 0 Å². The highest BCUT2D eigenvalue weighted by molar-refractivity contribution is 6.34. The zero-order chi connectivity index (χ0) is 27.8. The molecular formula is C27H19Cl2F4NO4. The molecule has 0 saturated carbocycles. The van der Waals surface area contributed by atoms with Crippen molar-refractivity contribution in [2.75, 3.05) is 11.9 Å². The zero-order valence-electron chi connectivity index (χ0n) is 19.9. The van der Waals surface area contributed by atoms with Gasteiger partial charge in [0.15, 0.2) is 6.61 Å². The first kappa shape index (κ1) is 27.5.